The second-order valence-electron chi connectivity index (χ2n) is 9.30. The minimum Gasteiger partial charge on any atom is -0.369 e. The number of benzene rings is 2. The third-order valence-electron chi connectivity index (χ3n) is 7.28. The molecule has 4 amide bonds. The summed E-state index contributed by atoms with van der Waals surface area (Å²) in [6, 6.07) is 10.4. The summed E-state index contributed by atoms with van der Waals surface area (Å²) in [7, 11) is 0. The van der Waals surface area contributed by atoms with Crippen molar-refractivity contribution in [3.63, 3.8) is 0 Å². The Morgan fingerprint density at radius 3 is 2.56 bits per heavy atom. The largest absolute Gasteiger partial charge is 0.369 e. The number of primary amides is 1. The number of nitrogens with one attached hydrogen (secondary N) is 1. The second-order valence-corrected chi connectivity index (χ2v) is 9.30. The highest BCUT2D eigenvalue weighted by Gasteiger charge is 2.74. The maximum atomic E-state index is 14.2. The van der Waals surface area contributed by atoms with Crippen LogP contribution in [-0.4, -0.2) is 29.7 Å². The normalized spacial score (nSPS) is 27.3. The molecule has 2 fully saturated rings. The van der Waals surface area contributed by atoms with Crippen LogP contribution in [0.4, 0.5) is 15.8 Å². The molecule has 2 aromatic carbocycles. The summed E-state index contributed by atoms with van der Waals surface area (Å²) < 4.78 is 14.2. The minimum atomic E-state index is -1.55. The van der Waals surface area contributed by atoms with E-state index in [1.807, 2.05) is 12.1 Å². The first kappa shape index (κ1) is 22.2. The number of hydrogen-bond donors (Lipinski definition) is 3. The average molecular weight is 466 g/mol. The van der Waals surface area contributed by atoms with Gasteiger partial charge in [0.2, 0.25) is 23.3 Å². The smallest absolute Gasteiger partial charge is 0.291 e. The fourth-order valence-corrected chi connectivity index (χ4v) is 5.80. The molecule has 34 heavy (non-hydrogen) atoms. The van der Waals surface area contributed by atoms with Gasteiger partial charge in [-0.05, 0) is 48.7 Å². The SMILES string of the molecule is CCCCc1ccc(N2C(=O)[C@H]3[C@@H](CC(N)=O)[NH2+][C@]4(C(=O)Nc5ccc(F)cc54)[C@H]3C2=O)cc1. The van der Waals surface area contributed by atoms with Crippen LogP contribution in [0.15, 0.2) is 42.5 Å². The maximum Gasteiger partial charge on any atom is 0.291 e. The fraction of sp³-hybridized carbons (Fsp3) is 0.360. The van der Waals surface area contributed by atoms with E-state index in [0.717, 1.165) is 29.7 Å². The number of quaternary nitrogens is 1. The number of nitrogens with two attached hydrogens (primary N) is 2. The number of fused-ring (bicyclic) bond motifs is 4. The number of amides is 4. The number of carbonyl (C=O) groups is 4. The van der Waals surface area contributed by atoms with Crippen molar-refractivity contribution in [3.8, 4) is 0 Å². The van der Waals surface area contributed by atoms with Crippen molar-refractivity contribution in [2.45, 2.75) is 44.2 Å². The molecule has 0 aromatic heterocycles. The van der Waals surface area contributed by atoms with Gasteiger partial charge >= 0.3 is 0 Å². The second kappa shape index (κ2) is 8.02. The van der Waals surface area contributed by atoms with Crippen LogP contribution in [0.25, 0.3) is 0 Å². The van der Waals surface area contributed by atoms with Crippen molar-refractivity contribution >= 4 is 35.0 Å². The average Bonchev–Trinajstić information content (AvgIpc) is 3.37. The lowest BCUT2D eigenvalue weighted by molar-refractivity contribution is -0.732. The highest BCUT2D eigenvalue weighted by molar-refractivity contribution is 6.25. The molecule has 9 heteroatoms. The predicted octanol–water partition coefficient (Wildman–Crippen LogP) is 0.943. The molecule has 0 radical (unpaired) electrons. The first-order chi connectivity index (χ1) is 16.3. The van der Waals surface area contributed by atoms with E-state index in [2.05, 4.69) is 12.2 Å². The van der Waals surface area contributed by atoms with Gasteiger partial charge in [0, 0.05) is 5.56 Å². The van der Waals surface area contributed by atoms with E-state index in [4.69, 9.17) is 5.73 Å². The van der Waals surface area contributed by atoms with E-state index in [0.29, 0.717) is 16.9 Å². The van der Waals surface area contributed by atoms with Gasteiger partial charge in [0.25, 0.3) is 5.91 Å². The van der Waals surface area contributed by atoms with E-state index in [1.165, 1.54) is 18.2 Å². The topological polar surface area (TPSA) is 126 Å². The Balaban J connectivity index is 1.59. The van der Waals surface area contributed by atoms with Crippen LogP contribution < -0.4 is 21.3 Å². The molecule has 1 spiro atoms. The molecule has 0 unspecified atom stereocenters. The molecular weight excluding hydrogens is 439 g/mol. The van der Waals surface area contributed by atoms with E-state index in [1.54, 1.807) is 17.4 Å². The van der Waals surface area contributed by atoms with Gasteiger partial charge in [-0.2, -0.15) is 0 Å². The molecule has 4 atom stereocenters. The Hall–Kier alpha value is -3.59. The highest BCUT2D eigenvalue weighted by Crippen LogP contribution is 2.50. The molecule has 176 valence electrons. The van der Waals surface area contributed by atoms with Crippen LogP contribution >= 0.6 is 0 Å². The van der Waals surface area contributed by atoms with Gasteiger partial charge in [-0.25, -0.2) is 9.29 Å². The molecule has 3 heterocycles. The first-order valence-electron chi connectivity index (χ1n) is 11.5. The fourth-order valence-electron chi connectivity index (χ4n) is 5.80. The molecule has 8 nitrogen and oxygen atoms in total. The molecular formula is C25H26FN4O4+. The Kier molecular flexibility index (Phi) is 5.24. The number of hydrogen-bond acceptors (Lipinski definition) is 4. The molecule has 3 aliphatic rings. The van der Waals surface area contributed by atoms with Gasteiger partial charge in [-0.3, -0.25) is 19.2 Å². The summed E-state index contributed by atoms with van der Waals surface area (Å²) >= 11 is 0. The number of imide groups is 1. The molecule has 3 aliphatic heterocycles. The summed E-state index contributed by atoms with van der Waals surface area (Å²) in [6.45, 7) is 2.10. The van der Waals surface area contributed by atoms with Crippen LogP contribution in [0.3, 0.4) is 0 Å². The summed E-state index contributed by atoms with van der Waals surface area (Å²) in [5.41, 5.74) is 6.10. The van der Waals surface area contributed by atoms with Crippen molar-refractivity contribution in [1.82, 2.24) is 0 Å². The summed E-state index contributed by atoms with van der Waals surface area (Å²) in [5, 5.41) is 4.29. The number of halogens is 1. The number of aryl methyl sites for hydroxylation is 1. The van der Waals surface area contributed by atoms with E-state index < -0.39 is 52.9 Å². The molecule has 2 aromatic rings. The first-order valence-corrected chi connectivity index (χ1v) is 11.5. The number of nitrogens with zero attached hydrogens (tertiary/aromatic N) is 1. The van der Waals surface area contributed by atoms with Gasteiger partial charge < -0.3 is 16.4 Å². The summed E-state index contributed by atoms with van der Waals surface area (Å²) in [5.74, 6) is -4.76. The van der Waals surface area contributed by atoms with Crippen molar-refractivity contribution < 1.29 is 28.9 Å². The minimum absolute atomic E-state index is 0.191. The van der Waals surface area contributed by atoms with Crippen molar-refractivity contribution in [2.75, 3.05) is 10.2 Å². The van der Waals surface area contributed by atoms with Gasteiger partial charge in [0.05, 0.1) is 17.8 Å². The summed E-state index contributed by atoms with van der Waals surface area (Å²) in [6.07, 6.45) is 2.79. The third kappa shape index (κ3) is 3.14. The van der Waals surface area contributed by atoms with Gasteiger partial charge in [-0.15, -0.1) is 0 Å². The Morgan fingerprint density at radius 1 is 1.15 bits per heavy atom. The summed E-state index contributed by atoms with van der Waals surface area (Å²) in [4.78, 5) is 53.6. The van der Waals surface area contributed by atoms with Gasteiger partial charge in [-0.1, -0.05) is 25.5 Å². The third-order valence-corrected chi connectivity index (χ3v) is 7.28. The quantitative estimate of drug-likeness (QED) is 0.549. The molecule has 0 saturated carbocycles. The lowest BCUT2D eigenvalue weighted by Gasteiger charge is -2.26. The number of unbranched alkanes of at least 4 members (excludes halogenated alkanes) is 1. The highest BCUT2D eigenvalue weighted by atomic mass is 19.1. The maximum absolute atomic E-state index is 14.2. The number of anilines is 2. The van der Waals surface area contributed by atoms with Crippen LogP contribution in [0.5, 0.6) is 0 Å². The van der Waals surface area contributed by atoms with Crippen molar-refractivity contribution in [3.05, 3.63) is 59.4 Å². The van der Waals surface area contributed by atoms with Gasteiger partial charge in [0.1, 0.15) is 23.7 Å². The lowest BCUT2D eigenvalue weighted by Crippen LogP contribution is -2.99. The predicted molar refractivity (Wildman–Crippen MR) is 121 cm³/mol. The van der Waals surface area contributed by atoms with E-state index in [-0.39, 0.29) is 6.42 Å². The molecule has 2 saturated heterocycles. The zero-order valence-corrected chi connectivity index (χ0v) is 18.7. The number of rotatable bonds is 6. The molecule has 0 aliphatic carbocycles. The Morgan fingerprint density at radius 2 is 1.88 bits per heavy atom. The standard InChI is InChI=1S/C25H25FN4O4/c1-2-3-4-13-5-8-15(9-6-13)30-22(32)20-18(12-19(27)31)29-25(21(20)23(30)33)16-11-14(26)7-10-17(16)28-24(25)34/h5-11,18,20-21,29H,2-4,12H2,1H3,(H2,27,31)(H,28,34)/p+1/t18-,20+,21-,25+/m1/s1. The number of carbonyl (C=O) groups excluding carboxylic acids is 4. The Labute approximate surface area is 195 Å². The monoisotopic (exact) mass is 465 g/mol. The zero-order chi connectivity index (χ0) is 24.2. The van der Waals surface area contributed by atoms with Crippen LogP contribution in [0.1, 0.15) is 37.3 Å². The van der Waals surface area contributed by atoms with Crippen LogP contribution in [-0.2, 0) is 31.1 Å². The zero-order valence-electron chi connectivity index (χ0n) is 18.7. The Bertz CT molecular complexity index is 1210. The van der Waals surface area contributed by atoms with Crippen molar-refractivity contribution in [2.24, 2.45) is 17.6 Å². The molecule has 0 bridgehead atoms. The van der Waals surface area contributed by atoms with E-state index in [9.17, 15) is 23.6 Å². The molecule has 5 N–H and O–H groups in total. The van der Waals surface area contributed by atoms with Gasteiger partial charge in [0.15, 0.2) is 0 Å². The van der Waals surface area contributed by atoms with Crippen molar-refractivity contribution in [1.29, 1.82) is 0 Å². The van der Waals surface area contributed by atoms with Crippen LogP contribution in [0, 0.1) is 17.7 Å². The van der Waals surface area contributed by atoms with E-state index >= 15 is 0 Å². The lowest BCUT2D eigenvalue weighted by atomic mass is 9.76. The van der Waals surface area contributed by atoms with Crippen LogP contribution in [0.2, 0.25) is 0 Å². The molecule has 5 rings (SSSR count).